The molecule has 16 heavy (non-hydrogen) atoms. The molecule has 1 N–H and O–H groups in total. The highest BCUT2D eigenvalue weighted by molar-refractivity contribution is 5.23. The van der Waals surface area contributed by atoms with Crippen LogP contribution in [0.5, 0.6) is 0 Å². The number of pyridine rings is 1. The highest BCUT2D eigenvalue weighted by Gasteiger charge is 2.40. The molecule has 1 aliphatic carbocycles. The third-order valence-corrected chi connectivity index (χ3v) is 3.77. The fraction of sp³-hybridized carbons (Fsp3) is 0.615. The number of halogens is 1. The van der Waals surface area contributed by atoms with Crippen LogP contribution < -0.4 is 0 Å². The second kappa shape index (κ2) is 4.50. The van der Waals surface area contributed by atoms with E-state index in [0.717, 1.165) is 25.7 Å². The lowest BCUT2D eigenvalue weighted by Crippen LogP contribution is -2.38. The molecule has 88 valence electrons. The maximum Gasteiger partial charge on any atom is 0.147 e. The summed E-state index contributed by atoms with van der Waals surface area (Å²) in [7, 11) is 0. The largest absolute Gasteiger partial charge is 0.385 e. The van der Waals surface area contributed by atoms with E-state index >= 15 is 0 Å². The zero-order chi connectivity index (χ0) is 11.6. The minimum absolute atomic E-state index is 0.165. The Bertz CT molecular complexity index is 369. The van der Waals surface area contributed by atoms with Crippen LogP contribution in [0.3, 0.4) is 0 Å². The summed E-state index contributed by atoms with van der Waals surface area (Å²) in [6, 6.07) is 1.61. The van der Waals surface area contributed by atoms with Gasteiger partial charge < -0.3 is 5.11 Å². The Morgan fingerprint density at radius 3 is 3.06 bits per heavy atom. The molecule has 2 nitrogen and oxygen atoms in total. The third kappa shape index (κ3) is 1.84. The van der Waals surface area contributed by atoms with Gasteiger partial charge in [0.25, 0.3) is 0 Å². The molecule has 0 spiro atoms. The molecule has 2 rings (SSSR count). The van der Waals surface area contributed by atoms with Gasteiger partial charge in [0.15, 0.2) is 0 Å². The Morgan fingerprint density at radius 1 is 1.56 bits per heavy atom. The van der Waals surface area contributed by atoms with Gasteiger partial charge in [0, 0.05) is 11.8 Å². The maximum absolute atomic E-state index is 13.7. The van der Waals surface area contributed by atoms with Gasteiger partial charge in [0.2, 0.25) is 0 Å². The van der Waals surface area contributed by atoms with Gasteiger partial charge in [0.05, 0.1) is 11.8 Å². The van der Waals surface area contributed by atoms with Crippen LogP contribution in [-0.2, 0) is 5.60 Å². The molecule has 2 unspecified atom stereocenters. The molecule has 1 heterocycles. The lowest BCUT2D eigenvalue weighted by Gasteiger charge is -2.40. The fourth-order valence-corrected chi connectivity index (χ4v) is 2.85. The van der Waals surface area contributed by atoms with E-state index in [0.29, 0.717) is 12.0 Å². The Kier molecular flexibility index (Phi) is 3.24. The van der Waals surface area contributed by atoms with Crippen LogP contribution in [0.4, 0.5) is 4.39 Å². The van der Waals surface area contributed by atoms with E-state index in [4.69, 9.17) is 0 Å². The Balaban J connectivity index is 2.39. The van der Waals surface area contributed by atoms with Crippen molar-refractivity contribution >= 4 is 0 Å². The Morgan fingerprint density at radius 2 is 2.38 bits per heavy atom. The van der Waals surface area contributed by atoms with Crippen LogP contribution in [0.25, 0.3) is 0 Å². The quantitative estimate of drug-likeness (QED) is 0.836. The van der Waals surface area contributed by atoms with Gasteiger partial charge >= 0.3 is 0 Å². The van der Waals surface area contributed by atoms with Crippen LogP contribution >= 0.6 is 0 Å². The molecule has 0 amide bonds. The predicted octanol–water partition coefficient (Wildman–Crippen LogP) is 3.01. The molecule has 0 bridgehead atoms. The average Bonchev–Trinajstić information content (AvgIpc) is 2.30. The fourth-order valence-electron chi connectivity index (χ4n) is 2.85. The summed E-state index contributed by atoms with van der Waals surface area (Å²) in [6.45, 7) is 2.06. The highest BCUT2D eigenvalue weighted by atomic mass is 19.1. The van der Waals surface area contributed by atoms with Crippen LogP contribution in [0.15, 0.2) is 18.5 Å². The summed E-state index contributed by atoms with van der Waals surface area (Å²) in [6.07, 6.45) is 7.37. The first-order chi connectivity index (χ1) is 7.68. The van der Waals surface area contributed by atoms with Crippen molar-refractivity contribution in [2.45, 2.75) is 44.6 Å². The monoisotopic (exact) mass is 223 g/mol. The standard InChI is InChI=1S/C13H18FNO/c1-2-10-5-3-4-7-13(10,16)11-6-8-15-9-12(11)14/h6,8-10,16H,2-5,7H2,1H3. The van der Waals surface area contributed by atoms with E-state index in [1.165, 1.54) is 6.20 Å². The first-order valence-electron chi connectivity index (χ1n) is 6.01. The first kappa shape index (κ1) is 11.5. The Labute approximate surface area is 95.5 Å². The smallest absolute Gasteiger partial charge is 0.147 e. The summed E-state index contributed by atoms with van der Waals surface area (Å²) in [5, 5.41) is 10.7. The van der Waals surface area contributed by atoms with Crippen molar-refractivity contribution < 1.29 is 9.50 Å². The maximum atomic E-state index is 13.7. The van der Waals surface area contributed by atoms with Crippen LogP contribution in [0.2, 0.25) is 0 Å². The van der Waals surface area contributed by atoms with Gasteiger partial charge in [-0.05, 0) is 24.8 Å². The van der Waals surface area contributed by atoms with E-state index in [1.54, 1.807) is 12.3 Å². The van der Waals surface area contributed by atoms with E-state index in [-0.39, 0.29) is 11.7 Å². The molecule has 1 aromatic rings. The summed E-state index contributed by atoms with van der Waals surface area (Å²) >= 11 is 0. The average molecular weight is 223 g/mol. The molecular formula is C13H18FNO. The molecule has 0 saturated heterocycles. The molecule has 1 fully saturated rings. The van der Waals surface area contributed by atoms with E-state index < -0.39 is 5.60 Å². The number of hydrogen-bond acceptors (Lipinski definition) is 2. The summed E-state index contributed by atoms with van der Waals surface area (Å²) in [5.41, 5.74) is -0.561. The molecule has 0 radical (unpaired) electrons. The number of rotatable bonds is 2. The van der Waals surface area contributed by atoms with Gasteiger partial charge in [-0.3, -0.25) is 4.98 Å². The van der Waals surface area contributed by atoms with Crippen molar-refractivity contribution in [1.82, 2.24) is 4.98 Å². The van der Waals surface area contributed by atoms with Crippen molar-refractivity contribution in [3.05, 3.63) is 29.8 Å². The molecule has 2 atom stereocenters. The lowest BCUT2D eigenvalue weighted by atomic mass is 9.70. The second-order valence-corrected chi connectivity index (χ2v) is 4.63. The van der Waals surface area contributed by atoms with E-state index in [9.17, 15) is 9.50 Å². The Hall–Kier alpha value is -0.960. The number of nitrogens with zero attached hydrogens (tertiary/aromatic N) is 1. The summed E-state index contributed by atoms with van der Waals surface area (Å²) < 4.78 is 13.7. The van der Waals surface area contributed by atoms with Crippen molar-refractivity contribution in [3.63, 3.8) is 0 Å². The molecule has 1 saturated carbocycles. The van der Waals surface area contributed by atoms with Gasteiger partial charge in [-0.2, -0.15) is 0 Å². The zero-order valence-corrected chi connectivity index (χ0v) is 9.62. The molecule has 0 aromatic carbocycles. The van der Waals surface area contributed by atoms with Gasteiger partial charge in [0.1, 0.15) is 5.82 Å². The zero-order valence-electron chi connectivity index (χ0n) is 9.62. The molecule has 1 aliphatic rings. The number of hydrogen-bond donors (Lipinski definition) is 1. The minimum Gasteiger partial charge on any atom is -0.385 e. The minimum atomic E-state index is -0.986. The van der Waals surface area contributed by atoms with Crippen LogP contribution in [0, 0.1) is 11.7 Å². The summed E-state index contributed by atoms with van der Waals surface area (Å²) in [5.74, 6) is -0.219. The third-order valence-electron chi connectivity index (χ3n) is 3.77. The van der Waals surface area contributed by atoms with Gasteiger partial charge in [-0.15, -0.1) is 0 Å². The van der Waals surface area contributed by atoms with Crippen molar-refractivity contribution in [1.29, 1.82) is 0 Å². The topological polar surface area (TPSA) is 33.1 Å². The molecular weight excluding hydrogens is 205 g/mol. The molecule has 3 heteroatoms. The molecule has 1 aromatic heterocycles. The first-order valence-corrected chi connectivity index (χ1v) is 6.01. The van der Waals surface area contributed by atoms with Gasteiger partial charge in [-0.25, -0.2) is 4.39 Å². The number of aromatic nitrogens is 1. The van der Waals surface area contributed by atoms with Crippen molar-refractivity contribution in [2.24, 2.45) is 5.92 Å². The predicted molar refractivity (Wildman–Crippen MR) is 60.3 cm³/mol. The van der Waals surface area contributed by atoms with E-state index in [1.807, 2.05) is 0 Å². The van der Waals surface area contributed by atoms with Gasteiger partial charge in [-0.1, -0.05) is 26.2 Å². The van der Waals surface area contributed by atoms with Crippen LogP contribution in [-0.4, -0.2) is 10.1 Å². The van der Waals surface area contributed by atoms with Crippen LogP contribution in [0.1, 0.15) is 44.6 Å². The normalized spacial score (nSPS) is 30.3. The second-order valence-electron chi connectivity index (χ2n) is 4.63. The molecule has 0 aliphatic heterocycles. The SMILES string of the molecule is CCC1CCCCC1(O)c1ccncc1F. The van der Waals surface area contributed by atoms with Crippen molar-refractivity contribution in [2.75, 3.05) is 0 Å². The number of aliphatic hydroxyl groups is 1. The lowest BCUT2D eigenvalue weighted by molar-refractivity contribution is -0.0584. The highest BCUT2D eigenvalue weighted by Crippen LogP contribution is 2.43. The summed E-state index contributed by atoms with van der Waals surface area (Å²) in [4.78, 5) is 3.74. The van der Waals surface area contributed by atoms with Crippen molar-refractivity contribution in [3.8, 4) is 0 Å². The van der Waals surface area contributed by atoms with E-state index in [2.05, 4.69) is 11.9 Å².